The van der Waals surface area contributed by atoms with Gasteiger partial charge in [0.1, 0.15) is 0 Å². The highest BCUT2D eigenvalue weighted by Gasteiger charge is 2.17. The van der Waals surface area contributed by atoms with Crippen molar-refractivity contribution in [2.45, 2.75) is 383 Å². The molecule has 4 heterocycles. The predicted molar refractivity (Wildman–Crippen MR) is 601 cm³/mol. The summed E-state index contributed by atoms with van der Waals surface area (Å²) < 4.78 is 50.1. The first kappa shape index (κ1) is 136. The molecule has 768 valence electrons. The molecule has 0 radical (unpaired) electrons. The lowest BCUT2D eigenvalue weighted by atomic mass is 10.1. The van der Waals surface area contributed by atoms with E-state index in [1.807, 2.05) is 66.1 Å². The number of hydrogen-bond acceptors (Lipinski definition) is 16. The van der Waals surface area contributed by atoms with Gasteiger partial charge < -0.3 is 57.7 Å². The minimum atomic E-state index is -0.000621. The molecule has 4 aliphatic heterocycles. The van der Waals surface area contributed by atoms with Gasteiger partial charge in [0.25, 0.3) is 0 Å². The molecule has 6 atom stereocenters. The first-order valence-electron chi connectivity index (χ1n) is 50.3. The Kier molecular flexibility index (Phi) is 109. The van der Waals surface area contributed by atoms with Crippen molar-refractivity contribution in [1.29, 1.82) is 0 Å². The van der Waals surface area contributed by atoms with Crippen LogP contribution in [-0.2, 0) is 42.4 Å². The van der Waals surface area contributed by atoms with Crippen molar-refractivity contribution in [3.05, 3.63) is 186 Å². The Morgan fingerprint density at radius 3 is 0.750 bits per heavy atom. The smallest absolute Gasteiger partial charge is 0.157 e. The zero-order valence-corrected chi connectivity index (χ0v) is 95.1. The molecule has 4 rings (SSSR count). The van der Waals surface area contributed by atoms with Crippen LogP contribution < -0.4 is 0 Å². The van der Waals surface area contributed by atoms with Gasteiger partial charge in [-0.3, -0.25) is 0 Å². The summed E-state index contributed by atoms with van der Waals surface area (Å²) in [5.74, 6) is 11.1. The molecule has 0 aromatic carbocycles. The second kappa shape index (κ2) is 105. The van der Waals surface area contributed by atoms with Crippen molar-refractivity contribution in [3.8, 4) is 0 Å². The van der Waals surface area contributed by atoms with E-state index in [4.69, 9.17) is 80.9 Å². The molecule has 132 heavy (non-hydrogen) atoms. The fraction of sp³-hybridized carbons (Fsp3) is 0.714. The number of allylic oxidation sites excluding steroid dienone is 20. The van der Waals surface area contributed by atoms with E-state index in [1.165, 1.54) is 194 Å². The lowest BCUT2D eigenvalue weighted by molar-refractivity contribution is -0.155. The summed E-state index contributed by atoms with van der Waals surface area (Å²) in [4.78, 5) is 0. The molecule has 0 aliphatic carbocycles. The van der Waals surface area contributed by atoms with Gasteiger partial charge in [-0.1, -0.05) is 223 Å². The minimum absolute atomic E-state index is 0.000621. The van der Waals surface area contributed by atoms with Gasteiger partial charge in [0.05, 0.1) is 52.9 Å². The van der Waals surface area contributed by atoms with Crippen LogP contribution in [0.1, 0.15) is 358 Å². The number of alkyl halides is 2. The van der Waals surface area contributed by atoms with Crippen molar-refractivity contribution in [3.63, 3.8) is 0 Å². The van der Waals surface area contributed by atoms with Gasteiger partial charge in [-0.15, -0.1) is 23.2 Å². The Morgan fingerprint density at radius 1 is 0.303 bits per heavy atom. The molecule has 0 aromatic heterocycles. The van der Waals surface area contributed by atoms with Crippen LogP contribution in [0.4, 0.5) is 0 Å². The van der Waals surface area contributed by atoms with Crippen LogP contribution in [0.2, 0.25) is 0 Å². The van der Waals surface area contributed by atoms with E-state index >= 15 is 0 Å². The number of aliphatic hydroxyl groups is 3. The Bertz CT molecular complexity index is 3080. The molecule has 4 saturated heterocycles. The van der Waals surface area contributed by atoms with E-state index in [0.29, 0.717) is 46.7 Å². The normalized spacial score (nSPS) is 17.9. The lowest BCUT2D eigenvalue weighted by Gasteiger charge is -2.22. The molecule has 0 spiro atoms. The molecule has 3 N–H and O–H groups in total. The van der Waals surface area contributed by atoms with Gasteiger partial charge in [-0.05, 0) is 353 Å². The van der Waals surface area contributed by atoms with Crippen LogP contribution >= 0.6 is 87.7 Å². The summed E-state index contributed by atoms with van der Waals surface area (Å²) in [7, 11) is 3.11. The van der Waals surface area contributed by atoms with E-state index < -0.39 is 0 Å². The number of ether oxygens (including phenoxy) is 8. The maximum atomic E-state index is 8.87. The maximum Gasteiger partial charge on any atom is 0.157 e. The molecule has 0 saturated carbocycles. The van der Waals surface area contributed by atoms with Crippen LogP contribution in [0, 0.1) is 0 Å². The van der Waals surface area contributed by atoms with E-state index in [1.54, 1.807) is 0 Å². The van der Waals surface area contributed by atoms with Gasteiger partial charge in [-0.25, -0.2) is 0 Å². The second-order valence-corrected chi connectivity index (χ2v) is 41.8. The van der Waals surface area contributed by atoms with E-state index in [0.717, 1.165) is 179 Å². The summed E-state index contributed by atoms with van der Waals surface area (Å²) >= 11 is 19.4. The molecule has 0 amide bonds. The third-order valence-corrected chi connectivity index (χ3v) is 27.7. The Balaban J connectivity index is -0.000000713. The molecular formula is C112H200Cl2O12P2S4. The SMILES string of the molecule is C/C(=C\CC/C(C)=C/COC1CCCCO1)CCl.C/C(=C\CC/C(C)=C/COC1CCCCO1)CO.CC(C)=CCC/C(C)=C/CO.CC(C)=CCC/C(C)=C/COC1CCCCO1.CCCSC/C(C)=C/CC/C(C)=C/CCl.CCCSC/C(C)=C/CC/C(C)=C/CO.CCCSC/C(C)=C/CC/C(C)=C/COC1CCCCO1.CCCSC/C(C)=C/CC/C(C)=C/COPP. The van der Waals surface area contributed by atoms with Crippen molar-refractivity contribution < 1.29 is 57.7 Å². The zero-order valence-electron chi connectivity index (χ0n) is 88.2. The fourth-order valence-corrected chi connectivity index (χ4v) is 16.7. The number of hydrogen-bond donors (Lipinski definition) is 3. The van der Waals surface area contributed by atoms with Crippen LogP contribution in [0.3, 0.4) is 0 Å². The maximum absolute atomic E-state index is 8.87. The monoisotopic (exact) mass is 2000 g/mol. The summed E-state index contributed by atoms with van der Waals surface area (Å²) in [5, 5.41) is 26.1. The number of thioether (sulfide) groups is 4. The molecular weight excluding hydrogens is 1800 g/mol. The minimum Gasteiger partial charge on any atom is -0.392 e. The number of aliphatic hydroxyl groups excluding tert-OH is 3. The van der Waals surface area contributed by atoms with Crippen molar-refractivity contribution in [2.24, 2.45) is 0 Å². The quantitative estimate of drug-likeness (QED) is 0.0230. The Morgan fingerprint density at radius 2 is 0.538 bits per heavy atom. The lowest BCUT2D eigenvalue weighted by Crippen LogP contribution is -2.22. The highest BCUT2D eigenvalue weighted by molar-refractivity contribution is 8.00. The summed E-state index contributed by atoms with van der Waals surface area (Å²) in [5.41, 5.74) is 21.9. The molecule has 0 bridgehead atoms. The highest BCUT2D eigenvalue weighted by atomic mass is 35.5. The van der Waals surface area contributed by atoms with Crippen LogP contribution in [-0.4, -0.2) is 178 Å². The van der Waals surface area contributed by atoms with Crippen LogP contribution in [0.15, 0.2) is 186 Å². The first-order chi connectivity index (χ1) is 63.6. The van der Waals surface area contributed by atoms with Crippen LogP contribution in [0.25, 0.3) is 0 Å². The molecule has 20 heteroatoms. The summed E-state index contributed by atoms with van der Waals surface area (Å²) in [6.07, 6.45) is 71.3. The van der Waals surface area contributed by atoms with Gasteiger partial charge in [-0.2, -0.15) is 47.0 Å². The van der Waals surface area contributed by atoms with E-state index in [2.05, 4.69) is 239 Å². The summed E-state index contributed by atoms with van der Waals surface area (Å²) in [6, 6.07) is 0. The molecule has 4 aliphatic rings. The highest BCUT2D eigenvalue weighted by Crippen LogP contribution is 2.24. The Labute approximate surface area is 845 Å². The molecule has 0 aromatic rings. The third kappa shape index (κ3) is 106. The van der Waals surface area contributed by atoms with Crippen LogP contribution in [0.5, 0.6) is 0 Å². The molecule has 4 fully saturated rings. The average molecular weight is 2000 g/mol. The fourth-order valence-electron chi connectivity index (χ4n) is 12.4. The van der Waals surface area contributed by atoms with Gasteiger partial charge in [0.2, 0.25) is 0 Å². The average Bonchev–Trinajstić information content (AvgIpc) is 0.965. The number of halogens is 2. The van der Waals surface area contributed by atoms with Gasteiger partial charge in [0, 0.05) is 69.7 Å². The van der Waals surface area contributed by atoms with E-state index in [-0.39, 0.29) is 45.0 Å². The molecule has 6 unspecified atom stereocenters. The zero-order chi connectivity index (χ0) is 98.9. The van der Waals surface area contributed by atoms with Crippen molar-refractivity contribution in [2.75, 3.05) is 137 Å². The molecule has 12 nitrogen and oxygen atoms in total. The first-order valence-corrected chi connectivity index (χ1v) is 58.7. The van der Waals surface area contributed by atoms with Gasteiger partial charge in [0.15, 0.2) is 25.2 Å². The standard InChI is InChI=1S/C18H32O2S.C15H25ClO2.C15H26O3.C15H26O2.C13H23ClS.C13H26OP2S.C13H24OS.C10H18O/c1-4-14-21-15-17(3)9-7-8-16(2)11-13-20-18-10-5-6-12-19-18;2*1-13(6-5-7-14(2)12-16)9-11-18-15-8-3-4-10-17-15;1-13(2)7-6-8-14(3)10-12-17-15-9-4-5-11-16-15;1-4-10-15-11-13(3)7-5-6-12(2)8-9-14;1-4-10-17-11-13(3)7-5-6-12(2)8-9-14-16-15;1-4-10-15-11-13(3)7-5-6-12(2)8-9-14;1-9(2)5-4-6-10(3)7-8-11/h9,11,18H,4-8,10,12-15H2,1-3H3;7,9,15H,3-6,8,10-12H2,1-2H3;7,9,15-16H,3-6,8,10-12H2,1-2H3;7,10,15H,4-6,8-9,11-12H2,1-3H3;7-8H,4-6,9-11H2,1-3H3;7-8,16H,4-6,9-11,15H2,1-3H3;7-8,14H,4-6,9-11H2,1-3H3;5,7,11H,4,6,8H2,1-3H3/b16-11+,17-9+;2*13-9+,14-7+;14-10+;3*12-8+,13-7+;10-7+. The Hall–Kier alpha value is -1.80. The predicted octanol–water partition coefficient (Wildman–Crippen LogP) is 33.9. The number of rotatable bonds is 60. The van der Waals surface area contributed by atoms with Crippen molar-refractivity contribution in [1.82, 2.24) is 0 Å². The van der Waals surface area contributed by atoms with E-state index in [9.17, 15) is 0 Å². The largest absolute Gasteiger partial charge is 0.392 e. The summed E-state index contributed by atoms with van der Waals surface area (Å²) in [6.45, 7) is 54.7. The topological polar surface area (TPSA) is 144 Å². The third-order valence-electron chi connectivity index (χ3n) is 20.9. The van der Waals surface area contributed by atoms with Gasteiger partial charge >= 0.3 is 0 Å². The second-order valence-electron chi connectivity index (χ2n) is 35.5. The van der Waals surface area contributed by atoms with Crippen molar-refractivity contribution >= 4 is 87.7 Å².